The number of carbonyl (C=O) groups excluding carboxylic acids is 1. The first-order chi connectivity index (χ1) is 13.1. The molecule has 1 fully saturated rings. The predicted molar refractivity (Wildman–Crippen MR) is 102 cm³/mol. The van der Waals surface area contributed by atoms with Crippen LogP contribution in [0.15, 0.2) is 29.4 Å². The van der Waals surface area contributed by atoms with Crippen molar-refractivity contribution in [2.45, 2.75) is 25.2 Å². The molecule has 0 unspecified atom stereocenters. The van der Waals surface area contributed by atoms with Crippen molar-refractivity contribution in [3.63, 3.8) is 0 Å². The molecule has 1 aromatic heterocycles. The molecule has 0 aliphatic carbocycles. The van der Waals surface area contributed by atoms with Gasteiger partial charge >= 0.3 is 0 Å². The molecule has 1 amide bonds. The van der Waals surface area contributed by atoms with E-state index in [0.29, 0.717) is 19.8 Å². The molecular weight excluding hydrogens is 369 g/mol. The quantitative estimate of drug-likeness (QED) is 0.671. The minimum Gasteiger partial charge on any atom is -0.378 e. The van der Waals surface area contributed by atoms with Gasteiger partial charge in [0.2, 0.25) is 11.9 Å². The lowest BCUT2D eigenvalue weighted by Crippen LogP contribution is -2.38. The number of benzene rings is 1. The molecule has 2 aromatic rings. The number of ether oxygens (including phenoxy) is 1. The van der Waals surface area contributed by atoms with Gasteiger partial charge in [-0.3, -0.25) is 9.36 Å². The minimum absolute atomic E-state index is 0.0390. The van der Waals surface area contributed by atoms with Gasteiger partial charge in [-0.1, -0.05) is 23.9 Å². The lowest BCUT2D eigenvalue weighted by atomic mass is 10.2. The van der Waals surface area contributed by atoms with Crippen molar-refractivity contribution < 1.29 is 13.9 Å². The number of carbonyl (C=O) groups is 1. The average molecular weight is 393 g/mol. The van der Waals surface area contributed by atoms with E-state index in [1.54, 1.807) is 18.0 Å². The third-order valence-electron chi connectivity index (χ3n) is 4.37. The third kappa shape index (κ3) is 4.98. The van der Waals surface area contributed by atoms with E-state index >= 15 is 0 Å². The second kappa shape index (κ2) is 9.18. The normalized spacial score (nSPS) is 14.4. The zero-order valence-corrected chi connectivity index (χ0v) is 16.4. The Kier molecular flexibility index (Phi) is 6.68. The van der Waals surface area contributed by atoms with Gasteiger partial charge in [0.15, 0.2) is 5.16 Å². The van der Waals surface area contributed by atoms with Gasteiger partial charge in [-0.25, -0.2) is 4.39 Å². The molecule has 7 nitrogen and oxygen atoms in total. The van der Waals surface area contributed by atoms with Gasteiger partial charge in [-0.15, -0.1) is 10.2 Å². The van der Waals surface area contributed by atoms with Crippen LogP contribution in [0.2, 0.25) is 0 Å². The summed E-state index contributed by atoms with van der Waals surface area (Å²) in [7, 11) is 1.72. The van der Waals surface area contributed by atoms with Crippen LogP contribution in [0.3, 0.4) is 0 Å². The number of anilines is 1. The van der Waals surface area contributed by atoms with E-state index in [1.807, 2.05) is 17.6 Å². The summed E-state index contributed by atoms with van der Waals surface area (Å²) in [6.07, 6.45) is 0. The zero-order chi connectivity index (χ0) is 19.2. The molecule has 3 rings (SSSR count). The number of halogens is 1. The van der Waals surface area contributed by atoms with Crippen LogP contribution in [0.4, 0.5) is 10.3 Å². The number of nitrogens with zero attached hydrogens (tertiary/aromatic N) is 5. The smallest absolute Gasteiger partial charge is 0.233 e. The lowest BCUT2D eigenvalue weighted by molar-refractivity contribution is -0.127. The van der Waals surface area contributed by atoms with E-state index in [-0.39, 0.29) is 17.5 Å². The van der Waals surface area contributed by atoms with Crippen LogP contribution >= 0.6 is 11.8 Å². The molecule has 0 bridgehead atoms. The molecule has 0 spiro atoms. The second-order valence-corrected chi connectivity index (χ2v) is 7.24. The number of thioether (sulfide) groups is 1. The largest absolute Gasteiger partial charge is 0.378 e. The van der Waals surface area contributed by atoms with E-state index in [2.05, 4.69) is 15.1 Å². The summed E-state index contributed by atoms with van der Waals surface area (Å²) in [6.45, 7) is 6.09. The van der Waals surface area contributed by atoms with Gasteiger partial charge in [-0.2, -0.15) is 0 Å². The van der Waals surface area contributed by atoms with E-state index in [9.17, 15) is 9.18 Å². The summed E-state index contributed by atoms with van der Waals surface area (Å²) >= 11 is 1.37. The first-order valence-electron chi connectivity index (χ1n) is 8.95. The number of amides is 1. The fourth-order valence-electron chi connectivity index (χ4n) is 2.90. The first kappa shape index (κ1) is 19.6. The van der Waals surface area contributed by atoms with Crippen LogP contribution in [-0.4, -0.2) is 64.7 Å². The molecular formula is C18H24FN5O2S. The van der Waals surface area contributed by atoms with Crippen molar-refractivity contribution in [2.75, 3.05) is 44.0 Å². The van der Waals surface area contributed by atoms with E-state index in [1.165, 1.54) is 23.9 Å². The number of hydrogen-bond donors (Lipinski definition) is 0. The Hall–Kier alpha value is -2.13. The lowest BCUT2D eigenvalue weighted by Gasteiger charge is -2.27. The second-order valence-electron chi connectivity index (χ2n) is 6.29. The molecule has 27 heavy (non-hydrogen) atoms. The topological polar surface area (TPSA) is 63.5 Å². The Balaban J connectivity index is 1.58. The van der Waals surface area contributed by atoms with Gasteiger partial charge < -0.3 is 14.5 Å². The highest BCUT2D eigenvalue weighted by Gasteiger charge is 2.20. The molecule has 9 heteroatoms. The van der Waals surface area contributed by atoms with Gasteiger partial charge in [0.05, 0.1) is 19.0 Å². The Morgan fingerprint density at radius 2 is 2.11 bits per heavy atom. The molecule has 1 saturated heterocycles. The van der Waals surface area contributed by atoms with Crippen LogP contribution < -0.4 is 4.90 Å². The molecule has 1 aliphatic rings. The summed E-state index contributed by atoms with van der Waals surface area (Å²) in [5.74, 6) is 0.744. The van der Waals surface area contributed by atoms with Crippen molar-refractivity contribution in [3.8, 4) is 0 Å². The summed E-state index contributed by atoms with van der Waals surface area (Å²) in [4.78, 5) is 16.2. The Bertz CT molecular complexity index is 779. The number of rotatable bonds is 7. The van der Waals surface area contributed by atoms with Gasteiger partial charge in [-0.05, 0) is 24.6 Å². The van der Waals surface area contributed by atoms with Gasteiger partial charge in [0.1, 0.15) is 5.82 Å². The summed E-state index contributed by atoms with van der Waals surface area (Å²) in [5.41, 5.74) is 0.766. The SMILES string of the molecule is CCn1c(SCC(=O)N(C)Cc2cccc(F)c2)nnc1N1CCOCC1. The monoisotopic (exact) mass is 393 g/mol. The number of hydrogen-bond acceptors (Lipinski definition) is 6. The minimum atomic E-state index is -0.297. The zero-order valence-electron chi connectivity index (χ0n) is 15.6. The van der Waals surface area contributed by atoms with Crippen molar-refractivity contribution in [3.05, 3.63) is 35.6 Å². The van der Waals surface area contributed by atoms with Crippen LogP contribution in [0.5, 0.6) is 0 Å². The molecule has 1 aromatic carbocycles. The molecule has 0 saturated carbocycles. The van der Waals surface area contributed by atoms with Crippen LogP contribution in [-0.2, 0) is 22.6 Å². The van der Waals surface area contributed by atoms with E-state index in [4.69, 9.17) is 4.74 Å². The average Bonchev–Trinajstić information content (AvgIpc) is 3.09. The summed E-state index contributed by atoms with van der Waals surface area (Å²) < 4.78 is 20.7. The predicted octanol–water partition coefficient (Wildman–Crippen LogP) is 2.02. The van der Waals surface area contributed by atoms with Crippen LogP contribution in [0, 0.1) is 5.82 Å². The van der Waals surface area contributed by atoms with Crippen molar-refractivity contribution in [1.29, 1.82) is 0 Å². The van der Waals surface area contributed by atoms with Crippen molar-refractivity contribution in [1.82, 2.24) is 19.7 Å². The standard InChI is InChI=1S/C18H24FN5O2S/c1-3-24-17(23-7-9-26-10-8-23)20-21-18(24)27-13-16(25)22(2)12-14-5-4-6-15(19)11-14/h4-6,11H,3,7-10,12-13H2,1-2H3. The molecule has 2 heterocycles. The Morgan fingerprint density at radius 1 is 1.33 bits per heavy atom. The molecule has 0 N–H and O–H groups in total. The number of morpholine rings is 1. The Labute approximate surface area is 162 Å². The highest BCUT2D eigenvalue weighted by molar-refractivity contribution is 7.99. The van der Waals surface area contributed by atoms with Crippen molar-refractivity contribution in [2.24, 2.45) is 0 Å². The summed E-state index contributed by atoms with van der Waals surface area (Å²) in [5, 5.41) is 9.30. The van der Waals surface area contributed by atoms with Crippen molar-refractivity contribution >= 4 is 23.6 Å². The fraction of sp³-hybridized carbons (Fsp3) is 0.500. The van der Waals surface area contributed by atoms with Gasteiger partial charge in [0, 0.05) is 33.2 Å². The van der Waals surface area contributed by atoms with Crippen LogP contribution in [0.1, 0.15) is 12.5 Å². The maximum Gasteiger partial charge on any atom is 0.233 e. The van der Waals surface area contributed by atoms with Gasteiger partial charge in [0.25, 0.3) is 0 Å². The van der Waals surface area contributed by atoms with Crippen LogP contribution in [0.25, 0.3) is 0 Å². The highest BCUT2D eigenvalue weighted by Crippen LogP contribution is 2.23. The summed E-state index contributed by atoms with van der Waals surface area (Å²) in [6, 6.07) is 6.29. The molecule has 146 valence electrons. The number of aromatic nitrogens is 3. The maximum atomic E-state index is 13.3. The molecule has 1 aliphatic heterocycles. The molecule has 0 atom stereocenters. The maximum absolute atomic E-state index is 13.3. The third-order valence-corrected chi connectivity index (χ3v) is 5.32. The Morgan fingerprint density at radius 3 is 2.81 bits per heavy atom. The van der Waals surface area contributed by atoms with E-state index in [0.717, 1.165) is 36.3 Å². The molecule has 0 radical (unpaired) electrons. The van der Waals surface area contributed by atoms with E-state index < -0.39 is 0 Å². The first-order valence-corrected chi connectivity index (χ1v) is 9.94. The fourth-order valence-corrected chi connectivity index (χ4v) is 3.83. The highest BCUT2D eigenvalue weighted by atomic mass is 32.2.